The van der Waals surface area contributed by atoms with Gasteiger partial charge in [0.25, 0.3) is 5.91 Å². The first kappa shape index (κ1) is 19.2. The number of rotatable bonds is 5. The molecule has 2 aliphatic rings. The molecular weight excluding hydrogens is 401 g/mol. The van der Waals surface area contributed by atoms with Crippen LogP contribution in [-0.2, 0) is 4.79 Å². The number of hydrogen-bond acceptors (Lipinski definition) is 4. The fourth-order valence-electron chi connectivity index (χ4n) is 3.43. The molecule has 2 aromatic rings. The molecule has 1 saturated carbocycles. The normalized spacial score (nSPS) is 17.6. The first-order valence-electron chi connectivity index (χ1n) is 9.44. The number of piperidine rings is 1. The number of carbonyl (C=O) groups excluding carboxylic acids is 2. The average Bonchev–Trinajstić information content (AvgIpc) is 3.43. The number of nitrogens with one attached hydrogen (secondary N) is 2. The Bertz CT molecular complexity index is 888. The number of halogens is 2. The lowest BCUT2D eigenvalue weighted by Crippen LogP contribution is -2.43. The Labute approximate surface area is 172 Å². The Kier molecular flexibility index (Phi) is 5.55. The van der Waals surface area contributed by atoms with Crippen LogP contribution in [-0.4, -0.2) is 51.5 Å². The number of H-pyrrole nitrogens is 1. The zero-order chi connectivity index (χ0) is 19.7. The van der Waals surface area contributed by atoms with Crippen molar-refractivity contribution in [2.45, 2.75) is 37.5 Å². The minimum Gasteiger partial charge on any atom is -0.343 e. The van der Waals surface area contributed by atoms with Gasteiger partial charge in [0.1, 0.15) is 5.82 Å². The molecule has 148 valence electrons. The van der Waals surface area contributed by atoms with Gasteiger partial charge in [-0.05, 0) is 43.9 Å². The molecule has 1 aliphatic carbocycles. The lowest BCUT2D eigenvalue weighted by molar-refractivity contribution is -0.131. The molecule has 2 fully saturated rings. The van der Waals surface area contributed by atoms with E-state index in [1.165, 1.54) is 18.9 Å². The fourth-order valence-corrected chi connectivity index (χ4v) is 3.93. The topological polar surface area (TPSA) is 91.0 Å². The van der Waals surface area contributed by atoms with Crippen molar-refractivity contribution < 1.29 is 9.59 Å². The van der Waals surface area contributed by atoms with E-state index in [4.69, 9.17) is 23.2 Å². The van der Waals surface area contributed by atoms with Gasteiger partial charge < -0.3 is 10.2 Å². The van der Waals surface area contributed by atoms with Crippen molar-refractivity contribution in [1.29, 1.82) is 0 Å². The summed E-state index contributed by atoms with van der Waals surface area (Å²) in [6.07, 6.45) is 4.03. The van der Waals surface area contributed by atoms with Gasteiger partial charge in [-0.15, -0.1) is 0 Å². The number of hydrogen-bond donors (Lipinski definition) is 2. The van der Waals surface area contributed by atoms with Gasteiger partial charge in [-0.1, -0.05) is 23.2 Å². The van der Waals surface area contributed by atoms with Crippen LogP contribution in [0.15, 0.2) is 18.2 Å². The predicted molar refractivity (Wildman–Crippen MR) is 106 cm³/mol. The smallest absolute Gasteiger partial charge is 0.253 e. The fraction of sp³-hybridized carbons (Fsp3) is 0.474. The number of benzene rings is 1. The molecular formula is C19H21Cl2N5O2. The van der Waals surface area contributed by atoms with E-state index in [9.17, 15) is 9.59 Å². The first-order valence-corrected chi connectivity index (χ1v) is 10.2. The van der Waals surface area contributed by atoms with E-state index in [0.717, 1.165) is 24.5 Å². The summed E-state index contributed by atoms with van der Waals surface area (Å²) < 4.78 is 0. The van der Waals surface area contributed by atoms with E-state index in [1.807, 2.05) is 0 Å². The number of nitrogens with zero attached hydrogens (tertiary/aromatic N) is 3. The molecule has 0 unspecified atom stereocenters. The summed E-state index contributed by atoms with van der Waals surface area (Å²) in [7, 11) is 0. The van der Waals surface area contributed by atoms with Crippen molar-refractivity contribution in [2.24, 2.45) is 0 Å². The highest BCUT2D eigenvalue weighted by molar-refractivity contribution is 6.36. The van der Waals surface area contributed by atoms with E-state index in [1.54, 1.807) is 17.0 Å². The van der Waals surface area contributed by atoms with E-state index in [-0.39, 0.29) is 23.4 Å². The molecule has 4 rings (SSSR count). The van der Waals surface area contributed by atoms with Crippen LogP contribution in [0, 0.1) is 0 Å². The Hall–Kier alpha value is -2.12. The van der Waals surface area contributed by atoms with Crippen molar-refractivity contribution in [1.82, 2.24) is 25.4 Å². The summed E-state index contributed by atoms with van der Waals surface area (Å²) in [6.45, 7) is 1.22. The van der Waals surface area contributed by atoms with E-state index in [0.29, 0.717) is 35.5 Å². The van der Waals surface area contributed by atoms with Crippen LogP contribution in [0.3, 0.4) is 0 Å². The number of aromatic amines is 1. The summed E-state index contributed by atoms with van der Waals surface area (Å²) in [6, 6.07) is 4.64. The van der Waals surface area contributed by atoms with Gasteiger partial charge in [-0.25, -0.2) is 4.98 Å². The van der Waals surface area contributed by atoms with Crippen LogP contribution in [0.1, 0.15) is 59.5 Å². The number of likely N-dealkylation sites (tertiary alicyclic amines) is 1. The standard InChI is InChI=1S/C19H21Cl2N5O2/c20-13-3-4-14(15(21)9-13)19(28)22-10-16(27)26-7-5-12(6-8-26)18-23-17(24-25-18)11-1-2-11/h3-4,9,11-12H,1-2,5-8,10H2,(H,22,28)(H,23,24,25). The maximum Gasteiger partial charge on any atom is 0.253 e. The molecule has 0 atom stereocenters. The number of carbonyl (C=O) groups is 2. The quantitative estimate of drug-likeness (QED) is 0.775. The highest BCUT2D eigenvalue weighted by atomic mass is 35.5. The largest absolute Gasteiger partial charge is 0.343 e. The van der Waals surface area contributed by atoms with Crippen LogP contribution in [0.4, 0.5) is 0 Å². The van der Waals surface area contributed by atoms with Crippen molar-refractivity contribution in [3.8, 4) is 0 Å². The van der Waals surface area contributed by atoms with Gasteiger partial charge in [-0.2, -0.15) is 5.10 Å². The SMILES string of the molecule is O=C(NCC(=O)N1CCC(c2nc(C3CC3)n[nH]2)CC1)c1ccc(Cl)cc1Cl. The van der Waals surface area contributed by atoms with Gasteiger partial charge in [0, 0.05) is 29.9 Å². The first-order chi connectivity index (χ1) is 13.5. The minimum atomic E-state index is -0.390. The molecule has 2 heterocycles. The van der Waals surface area contributed by atoms with Crippen LogP contribution in [0.25, 0.3) is 0 Å². The molecule has 1 aliphatic heterocycles. The van der Waals surface area contributed by atoms with Gasteiger partial charge in [-0.3, -0.25) is 14.7 Å². The lowest BCUT2D eigenvalue weighted by Gasteiger charge is -2.31. The third-order valence-corrected chi connectivity index (χ3v) is 5.82. The van der Waals surface area contributed by atoms with E-state index >= 15 is 0 Å². The van der Waals surface area contributed by atoms with Crippen molar-refractivity contribution in [2.75, 3.05) is 19.6 Å². The molecule has 1 aromatic heterocycles. The van der Waals surface area contributed by atoms with Crippen molar-refractivity contribution in [3.05, 3.63) is 45.5 Å². The molecule has 2 amide bonds. The highest BCUT2D eigenvalue weighted by Crippen LogP contribution is 2.38. The summed E-state index contributed by atoms with van der Waals surface area (Å²) in [4.78, 5) is 31.1. The molecule has 2 N–H and O–H groups in total. The van der Waals surface area contributed by atoms with Gasteiger partial charge in [0.15, 0.2) is 5.82 Å². The molecule has 9 heteroatoms. The van der Waals surface area contributed by atoms with E-state index < -0.39 is 0 Å². The van der Waals surface area contributed by atoms with E-state index in [2.05, 4.69) is 20.5 Å². The van der Waals surface area contributed by atoms with Gasteiger partial charge in [0.2, 0.25) is 5.91 Å². The maximum atomic E-state index is 12.4. The lowest BCUT2D eigenvalue weighted by atomic mass is 9.96. The Morgan fingerprint density at radius 3 is 2.57 bits per heavy atom. The van der Waals surface area contributed by atoms with Crippen LogP contribution >= 0.6 is 23.2 Å². The number of amides is 2. The highest BCUT2D eigenvalue weighted by Gasteiger charge is 2.30. The zero-order valence-corrected chi connectivity index (χ0v) is 16.8. The van der Waals surface area contributed by atoms with Crippen LogP contribution in [0.2, 0.25) is 10.0 Å². The molecule has 0 bridgehead atoms. The molecule has 0 radical (unpaired) electrons. The summed E-state index contributed by atoms with van der Waals surface area (Å²) >= 11 is 11.9. The third-order valence-electron chi connectivity index (χ3n) is 5.27. The molecule has 1 aromatic carbocycles. The summed E-state index contributed by atoms with van der Waals surface area (Å²) in [5.74, 6) is 2.19. The van der Waals surface area contributed by atoms with Gasteiger partial charge in [0.05, 0.1) is 17.1 Å². The Morgan fingerprint density at radius 2 is 1.89 bits per heavy atom. The molecule has 7 nitrogen and oxygen atoms in total. The Morgan fingerprint density at radius 1 is 1.14 bits per heavy atom. The second kappa shape index (κ2) is 8.09. The van der Waals surface area contributed by atoms with Crippen molar-refractivity contribution >= 4 is 35.0 Å². The second-order valence-electron chi connectivity index (χ2n) is 7.32. The molecule has 0 spiro atoms. The number of aromatic nitrogens is 3. The predicted octanol–water partition coefficient (Wildman–Crippen LogP) is 3.12. The molecule has 28 heavy (non-hydrogen) atoms. The van der Waals surface area contributed by atoms with Crippen molar-refractivity contribution in [3.63, 3.8) is 0 Å². The Balaban J connectivity index is 1.26. The second-order valence-corrected chi connectivity index (χ2v) is 8.16. The zero-order valence-electron chi connectivity index (χ0n) is 15.3. The van der Waals surface area contributed by atoms with Crippen LogP contribution < -0.4 is 5.32 Å². The maximum absolute atomic E-state index is 12.4. The molecule has 1 saturated heterocycles. The van der Waals surface area contributed by atoms with Crippen LogP contribution in [0.5, 0.6) is 0 Å². The average molecular weight is 422 g/mol. The summed E-state index contributed by atoms with van der Waals surface area (Å²) in [5.41, 5.74) is 0.300. The monoisotopic (exact) mass is 421 g/mol. The van der Waals surface area contributed by atoms with Gasteiger partial charge >= 0.3 is 0 Å². The third kappa shape index (κ3) is 4.31. The summed E-state index contributed by atoms with van der Waals surface area (Å²) in [5, 5.41) is 10.7. The minimum absolute atomic E-state index is 0.0589.